The lowest BCUT2D eigenvalue weighted by molar-refractivity contribution is 0.0827. The van der Waals surface area contributed by atoms with Crippen LogP contribution in [0.15, 0.2) is 47.4 Å². The molecule has 2 bridgehead atoms. The van der Waals surface area contributed by atoms with Gasteiger partial charge in [0, 0.05) is 12.6 Å². The van der Waals surface area contributed by atoms with Crippen molar-refractivity contribution < 1.29 is 8.42 Å². The van der Waals surface area contributed by atoms with Crippen molar-refractivity contribution in [1.29, 1.82) is 0 Å². The molecule has 22 heavy (non-hydrogen) atoms. The van der Waals surface area contributed by atoms with Crippen LogP contribution in [0.2, 0.25) is 0 Å². The Morgan fingerprint density at radius 2 is 1.73 bits per heavy atom. The smallest absolute Gasteiger partial charge is 0.240 e. The molecular weight excluding hydrogens is 296 g/mol. The predicted molar refractivity (Wildman–Crippen MR) is 87.2 cm³/mol. The van der Waals surface area contributed by atoms with Gasteiger partial charge in [-0.25, -0.2) is 13.1 Å². The first kappa shape index (κ1) is 14.2. The molecule has 116 valence electrons. The second kappa shape index (κ2) is 5.33. The Balaban J connectivity index is 1.62. The van der Waals surface area contributed by atoms with Crippen molar-refractivity contribution >= 4 is 20.8 Å². The van der Waals surface area contributed by atoms with E-state index in [4.69, 9.17) is 0 Å². The lowest BCUT2D eigenvalue weighted by Gasteiger charge is -2.44. The van der Waals surface area contributed by atoms with Gasteiger partial charge in [-0.05, 0) is 54.8 Å². The molecular formula is C17H20N2O2S. The second-order valence-electron chi connectivity index (χ2n) is 6.37. The first-order chi connectivity index (χ1) is 10.6. The van der Waals surface area contributed by atoms with E-state index in [2.05, 4.69) is 9.62 Å². The number of rotatable bonds is 3. The summed E-state index contributed by atoms with van der Waals surface area (Å²) >= 11 is 0. The lowest BCUT2D eigenvalue weighted by Crippen LogP contribution is -2.57. The van der Waals surface area contributed by atoms with Crippen molar-refractivity contribution in [1.82, 2.24) is 9.62 Å². The van der Waals surface area contributed by atoms with Crippen LogP contribution in [0.3, 0.4) is 0 Å². The summed E-state index contributed by atoms with van der Waals surface area (Å²) in [5, 5.41) is 2.02. The van der Waals surface area contributed by atoms with Gasteiger partial charge in [0.15, 0.2) is 0 Å². The minimum Gasteiger partial charge on any atom is -0.302 e. The molecule has 0 aromatic heterocycles. The molecule has 5 heteroatoms. The van der Waals surface area contributed by atoms with Crippen LogP contribution in [0.1, 0.15) is 12.8 Å². The van der Waals surface area contributed by atoms with Crippen molar-refractivity contribution in [3.8, 4) is 0 Å². The van der Waals surface area contributed by atoms with Crippen LogP contribution in [-0.4, -0.2) is 39.0 Å². The molecule has 2 aromatic carbocycles. The number of hydrogen-bond acceptors (Lipinski definition) is 3. The zero-order valence-electron chi connectivity index (χ0n) is 12.4. The zero-order chi connectivity index (χ0) is 15.2. The molecule has 3 heterocycles. The molecule has 1 atom stereocenters. The molecule has 2 aromatic rings. The summed E-state index contributed by atoms with van der Waals surface area (Å²) in [6.45, 7) is 3.06. The maximum absolute atomic E-state index is 12.7. The number of nitrogens with zero attached hydrogens (tertiary/aromatic N) is 1. The number of nitrogens with one attached hydrogen (secondary N) is 1. The van der Waals surface area contributed by atoms with Crippen LogP contribution >= 0.6 is 0 Å². The van der Waals surface area contributed by atoms with Gasteiger partial charge in [-0.1, -0.05) is 30.3 Å². The Hall–Kier alpha value is -1.43. The van der Waals surface area contributed by atoms with Crippen molar-refractivity contribution in [3.63, 3.8) is 0 Å². The third-order valence-electron chi connectivity index (χ3n) is 4.99. The molecule has 3 aliphatic heterocycles. The Morgan fingerprint density at radius 3 is 2.41 bits per heavy atom. The highest BCUT2D eigenvalue weighted by Crippen LogP contribution is 2.29. The topological polar surface area (TPSA) is 49.4 Å². The molecule has 4 nitrogen and oxygen atoms in total. The Labute approximate surface area is 131 Å². The van der Waals surface area contributed by atoms with Gasteiger partial charge in [-0.3, -0.25) is 0 Å². The van der Waals surface area contributed by atoms with E-state index >= 15 is 0 Å². The highest BCUT2D eigenvalue weighted by Gasteiger charge is 2.36. The molecule has 3 saturated heterocycles. The quantitative estimate of drug-likeness (QED) is 0.944. The first-order valence-corrected chi connectivity index (χ1v) is 9.34. The van der Waals surface area contributed by atoms with Gasteiger partial charge in [0.05, 0.1) is 4.90 Å². The number of piperidine rings is 3. The van der Waals surface area contributed by atoms with Gasteiger partial charge in [0.2, 0.25) is 10.0 Å². The highest BCUT2D eigenvalue weighted by atomic mass is 32.2. The number of benzene rings is 2. The molecule has 5 rings (SSSR count). The van der Waals surface area contributed by atoms with Gasteiger partial charge in [0.1, 0.15) is 0 Å². The molecule has 0 saturated carbocycles. The third-order valence-corrected chi connectivity index (χ3v) is 6.48. The van der Waals surface area contributed by atoms with Crippen molar-refractivity contribution in [2.75, 3.05) is 19.6 Å². The van der Waals surface area contributed by atoms with Gasteiger partial charge in [0.25, 0.3) is 0 Å². The first-order valence-electron chi connectivity index (χ1n) is 7.85. The fourth-order valence-electron chi connectivity index (χ4n) is 3.70. The molecule has 1 N–H and O–H groups in total. The largest absolute Gasteiger partial charge is 0.302 e. The number of fused-ring (bicyclic) bond motifs is 4. The minimum atomic E-state index is -3.45. The normalized spacial score (nSPS) is 28.1. The summed E-state index contributed by atoms with van der Waals surface area (Å²) in [6, 6.07) is 13.2. The Bertz CT molecular complexity index is 795. The van der Waals surface area contributed by atoms with Crippen LogP contribution in [-0.2, 0) is 10.0 Å². The monoisotopic (exact) mass is 316 g/mol. The molecule has 1 unspecified atom stereocenters. The van der Waals surface area contributed by atoms with Gasteiger partial charge in [-0.15, -0.1) is 0 Å². The van der Waals surface area contributed by atoms with Crippen LogP contribution in [0.5, 0.6) is 0 Å². The number of hydrogen-bond donors (Lipinski definition) is 1. The van der Waals surface area contributed by atoms with Crippen molar-refractivity contribution in [3.05, 3.63) is 42.5 Å². The van der Waals surface area contributed by atoms with E-state index < -0.39 is 10.0 Å². The highest BCUT2D eigenvalue weighted by molar-refractivity contribution is 7.89. The second-order valence-corrected chi connectivity index (χ2v) is 8.09. The summed E-state index contributed by atoms with van der Waals surface area (Å²) in [7, 11) is -3.45. The summed E-state index contributed by atoms with van der Waals surface area (Å²) in [5.74, 6) is 0.486. The summed E-state index contributed by atoms with van der Waals surface area (Å²) in [4.78, 5) is 2.72. The van der Waals surface area contributed by atoms with E-state index in [1.54, 1.807) is 12.1 Å². The predicted octanol–water partition coefficient (Wildman–Crippen LogP) is 2.21. The molecule has 0 amide bonds. The van der Waals surface area contributed by atoms with Crippen LogP contribution < -0.4 is 4.72 Å². The molecule has 0 aliphatic carbocycles. The standard InChI is InChI=1S/C17H20N2O2S/c20-22(21,18-17-12-19-9-7-14(17)8-10-19)16-6-5-13-3-1-2-4-15(13)11-16/h1-6,11,14,17-18H,7-10,12H2. The third kappa shape index (κ3) is 2.53. The minimum absolute atomic E-state index is 0.0546. The Kier molecular flexibility index (Phi) is 3.44. The molecule has 3 fully saturated rings. The maximum atomic E-state index is 12.7. The van der Waals surface area contributed by atoms with E-state index in [1.807, 2.05) is 30.3 Å². The van der Waals surface area contributed by atoms with Crippen LogP contribution in [0, 0.1) is 5.92 Å². The van der Waals surface area contributed by atoms with Gasteiger partial charge >= 0.3 is 0 Å². The van der Waals surface area contributed by atoms with Crippen LogP contribution in [0.25, 0.3) is 10.8 Å². The molecule has 3 aliphatic rings. The van der Waals surface area contributed by atoms with E-state index in [9.17, 15) is 8.42 Å². The molecule has 0 spiro atoms. The lowest BCUT2D eigenvalue weighted by atomic mass is 9.85. The van der Waals surface area contributed by atoms with Crippen molar-refractivity contribution in [2.45, 2.75) is 23.8 Å². The van der Waals surface area contributed by atoms with E-state index in [0.717, 1.165) is 43.2 Å². The van der Waals surface area contributed by atoms with Gasteiger partial charge in [-0.2, -0.15) is 0 Å². The summed E-state index contributed by atoms with van der Waals surface area (Å²) < 4.78 is 28.3. The zero-order valence-corrected chi connectivity index (χ0v) is 13.2. The Morgan fingerprint density at radius 1 is 1.00 bits per heavy atom. The average Bonchev–Trinajstić information content (AvgIpc) is 2.55. The fourth-order valence-corrected chi connectivity index (χ4v) is 5.03. The maximum Gasteiger partial charge on any atom is 0.240 e. The summed E-state index contributed by atoms with van der Waals surface area (Å²) in [6.07, 6.45) is 2.20. The van der Waals surface area contributed by atoms with E-state index in [1.165, 1.54) is 0 Å². The van der Waals surface area contributed by atoms with E-state index in [0.29, 0.717) is 10.8 Å². The number of sulfonamides is 1. The van der Waals surface area contributed by atoms with Gasteiger partial charge < -0.3 is 4.90 Å². The SMILES string of the molecule is O=S(=O)(NC1CN2CCC1CC2)c1ccc2ccccc2c1. The van der Waals surface area contributed by atoms with E-state index in [-0.39, 0.29) is 6.04 Å². The van der Waals surface area contributed by atoms with Crippen molar-refractivity contribution in [2.24, 2.45) is 5.92 Å². The summed E-state index contributed by atoms with van der Waals surface area (Å²) in [5.41, 5.74) is 0. The molecule has 0 radical (unpaired) electrons. The average molecular weight is 316 g/mol. The van der Waals surface area contributed by atoms with Crippen LogP contribution in [0.4, 0.5) is 0 Å². The fraction of sp³-hybridized carbons (Fsp3) is 0.412.